The number of ether oxygens (including phenoxy) is 6. The first-order chi connectivity index (χ1) is 41.9. The van der Waals surface area contributed by atoms with Crippen LogP contribution in [-0.4, -0.2) is 49.4 Å². The summed E-state index contributed by atoms with van der Waals surface area (Å²) in [6, 6.07) is 44.7. The van der Waals surface area contributed by atoms with Crippen LogP contribution in [0.1, 0.15) is 143 Å². The minimum Gasteiger partial charge on any atom is -0.494 e. The van der Waals surface area contributed by atoms with Gasteiger partial charge in [0.2, 0.25) is 5.41 Å². The van der Waals surface area contributed by atoms with Crippen molar-refractivity contribution in [3.8, 4) is 56.8 Å². The van der Waals surface area contributed by atoms with E-state index in [9.17, 15) is 19.2 Å². The molecule has 452 valence electrons. The van der Waals surface area contributed by atoms with Crippen LogP contribution in [0.15, 0.2) is 194 Å². The lowest BCUT2D eigenvalue weighted by atomic mass is 9.73. The molecule has 16 heteroatoms. The largest absolute Gasteiger partial charge is 0.494 e. The van der Waals surface area contributed by atoms with Crippen molar-refractivity contribution in [3.05, 3.63) is 228 Å². The van der Waals surface area contributed by atoms with Gasteiger partial charge in [-0.15, -0.1) is 0 Å². The van der Waals surface area contributed by atoms with Crippen molar-refractivity contribution in [3.63, 3.8) is 0 Å². The van der Waals surface area contributed by atoms with E-state index in [1.54, 1.807) is 48.5 Å². The number of rotatable bonds is 28. The average Bonchev–Trinajstić information content (AvgIpc) is 0.792. The maximum atomic E-state index is 15.1. The van der Waals surface area contributed by atoms with Crippen LogP contribution in [0.5, 0.6) is 34.5 Å². The Bertz CT molecular complexity index is 3260. The van der Waals surface area contributed by atoms with E-state index < -0.39 is 52.8 Å². The number of carbonyl (C=O) groups is 4. The Balaban J connectivity index is 0.821. The fraction of sp³-hybridized carbons (Fsp3) is 0.268. The average molecular weight is 1190 g/mol. The van der Waals surface area contributed by atoms with Crippen LogP contribution in [0, 0.1) is 0 Å². The molecular formula is C71H66F6O10. The van der Waals surface area contributed by atoms with Crippen molar-refractivity contribution in [2.75, 3.05) is 13.2 Å². The second-order valence-corrected chi connectivity index (χ2v) is 20.8. The molecular weight excluding hydrogens is 1130 g/mol. The van der Waals surface area contributed by atoms with E-state index in [1.807, 2.05) is 48.5 Å². The molecule has 0 N–H and O–H groups in total. The third-order valence-corrected chi connectivity index (χ3v) is 14.6. The van der Waals surface area contributed by atoms with Gasteiger partial charge in [-0.3, -0.25) is 0 Å². The molecule has 0 spiro atoms. The van der Waals surface area contributed by atoms with E-state index in [4.69, 9.17) is 28.4 Å². The summed E-state index contributed by atoms with van der Waals surface area (Å²) in [5.74, 6) is -2.38. The summed E-state index contributed by atoms with van der Waals surface area (Å²) in [5.41, 5.74) is -3.11. The summed E-state index contributed by atoms with van der Waals surface area (Å²) in [5, 5.41) is 0. The normalized spacial score (nSPS) is 11.6. The maximum Gasteiger partial charge on any atom is 0.411 e. The molecule has 0 amide bonds. The molecule has 0 aliphatic rings. The van der Waals surface area contributed by atoms with Crippen LogP contribution in [0.4, 0.5) is 26.3 Å². The molecule has 8 aromatic carbocycles. The van der Waals surface area contributed by atoms with Crippen LogP contribution in [0.25, 0.3) is 22.3 Å². The van der Waals surface area contributed by atoms with Gasteiger partial charge in [0.25, 0.3) is 0 Å². The SMILES string of the molecule is CCCCCCCCOc1ccc(-c2ccc(C(=O)Oc3ccc(C(=O)Oc4ccc(C(c5ccc(OC(=O)c6ccc(OC(=O)c7ccc(-c8ccc(OCCCCCCCC)cc8)cc7)cc6)cc5)(C(F)(F)F)C(F)(F)F)cc4)cc3)cc2)cc1. The van der Waals surface area contributed by atoms with Crippen LogP contribution in [0.2, 0.25) is 0 Å². The topological polar surface area (TPSA) is 124 Å². The van der Waals surface area contributed by atoms with Gasteiger partial charge < -0.3 is 28.4 Å². The molecule has 87 heavy (non-hydrogen) atoms. The van der Waals surface area contributed by atoms with Gasteiger partial charge >= 0.3 is 36.2 Å². The van der Waals surface area contributed by atoms with Gasteiger partial charge in [-0.05, 0) is 168 Å². The monoisotopic (exact) mass is 1190 g/mol. The van der Waals surface area contributed by atoms with Gasteiger partial charge in [-0.1, -0.05) is 151 Å². The zero-order chi connectivity index (χ0) is 61.8. The Kier molecular flexibility index (Phi) is 22.2. The first-order valence-corrected chi connectivity index (χ1v) is 29.1. The fourth-order valence-electron chi connectivity index (χ4n) is 9.74. The van der Waals surface area contributed by atoms with E-state index >= 15 is 26.3 Å². The first kappa shape index (κ1) is 63.8. The Morgan fingerprint density at radius 2 is 0.506 bits per heavy atom. The van der Waals surface area contributed by atoms with E-state index in [1.165, 1.54) is 99.9 Å². The highest BCUT2D eigenvalue weighted by atomic mass is 19.4. The predicted octanol–water partition coefficient (Wildman–Crippen LogP) is 18.8. The highest BCUT2D eigenvalue weighted by Gasteiger charge is 2.72. The second-order valence-electron chi connectivity index (χ2n) is 20.8. The minimum atomic E-state index is -5.96. The zero-order valence-corrected chi connectivity index (χ0v) is 48.2. The lowest BCUT2D eigenvalue weighted by Crippen LogP contribution is -2.54. The van der Waals surface area contributed by atoms with Gasteiger partial charge in [0.05, 0.1) is 35.5 Å². The summed E-state index contributed by atoms with van der Waals surface area (Å²) in [6.45, 7) is 5.69. The van der Waals surface area contributed by atoms with Gasteiger partial charge in [0.1, 0.15) is 34.5 Å². The Labute approximate surface area is 502 Å². The van der Waals surface area contributed by atoms with E-state index in [0.717, 1.165) is 83.7 Å². The highest BCUT2D eigenvalue weighted by molar-refractivity contribution is 5.94. The van der Waals surface area contributed by atoms with Crippen molar-refractivity contribution in [2.24, 2.45) is 0 Å². The quantitative estimate of drug-likeness (QED) is 0.0203. The molecule has 0 atom stereocenters. The number of esters is 4. The van der Waals surface area contributed by atoms with E-state index in [-0.39, 0.29) is 45.3 Å². The van der Waals surface area contributed by atoms with Gasteiger partial charge in [-0.25, -0.2) is 19.2 Å². The van der Waals surface area contributed by atoms with Gasteiger partial charge in [0, 0.05) is 0 Å². The molecule has 8 rings (SSSR count). The maximum absolute atomic E-state index is 15.1. The zero-order valence-electron chi connectivity index (χ0n) is 48.2. The summed E-state index contributed by atoms with van der Waals surface area (Å²) >= 11 is 0. The summed E-state index contributed by atoms with van der Waals surface area (Å²) in [6.07, 6.45) is 2.16. The fourth-order valence-corrected chi connectivity index (χ4v) is 9.74. The molecule has 0 aromatic heterocycles. The lowest BCUT2D eigenvalue weighted by molar-refractivity contribution is -0.288. The van der Waals surface area contributed by atoms with E-state index in [0.29, 0.717) is 37.5 Å². The molecule has 0 saturated heterocycles. The van der Waals surface area contributed by atoms with Gasteiger partial charge in [-0.2, -0.15) is 26.3 Å². The van der Waals surface area contributed by atoms with Crippen molar-refractivity contribution in [1.82, 2.24) is 0 Å². The first-order valence-electron chi connectivity index (χ1n) is 29.1. The van der Waals surface area contributed by atoms with Crippen molar-refractivity contribution in [2.45, 2.75) is 109 Å². The van der Waals surface area contributed by atoms with Crippen molar-refractivity contribution < 1.29 is 73.9 Å². The number of halogens is 6. The molecule has 0 unspecified atom stereocenters. The number of alkyl halides is 6. The second kappa shape index (κ2) is 30.3. The molecule has 0 aliphatic heterocycles. The summed E-state index contributed by atoms with van der Waals surface area (Å²) in [4.78, 5) is 52.2. The number of unbranched alkanes of at least 4 members (excludes halogenated alkanes) is 10. The number of benzene rings is 8. The van der Waals surface area contributed by atoms with E-state index in [2.05, 4.69) is 13.8 Å². The van der Waals surface area contributed by atoms with Gasteiger partial charge in [0.15, 0.2) is 0 Å². The Morgan fingerprint density at radius 3 is 0.770 bits per heavy atom. The molecule has 0 saturated carbocycles. The molecule has 0 aliphatic carbocycles. The van der Waals surface area contributed by atoms with Crippen molar-refractivity contribution in [1.29, 1.82) is 0 Å². The molecule has 8 aromatic rings. The highest BCUT2D eigenvalue weighted by Crippen LogP contribution is 2.56. The molecule has 0 radical (unpaired) electrons. The number of hydrogen-bond acceptors (Lipinski definition) is 10. The lowest BCUT2D eigenvalue weighted by Gasteiger charge is -2.38. The molecule has 0 heterocycles. The predicted molar refractivity (Wildman–Crippen MR) is 320 cm³/mol. The van der Waals surface area contributed by atoms with Crippen LogP contribution < -0.4 is 28.4 Å². The van der Waals surface area contributed by atoms with Crippen LogP contribution in [0.3, 0.4) is 0 Å². The third-order valence-electron chi connectivity index (χ3n) is 14.6. The van der Waals surface area contributed by atoms with Crippen LogP contribution >= 0.6 is 0 Å². The number of carbonyl (C=O) groups excluding carboxylic acids is 4. The molecule has 0 fully saturated rings. The van der Waals surface area contributed by atoms with Crippen molar-refractivity contribution >= 4 is 23.9 Å². The minimum absolute atomic E-state index is 0.0683. The summed E-state index contributed by atoms with van der Waals surface area (Å²) < 4.78 is 124. The third kappa shape index (κ3) is 17.0. The molecule has 0 bridgehead atoms. The smallest absolute Gasteiger partial charge is 0.411 e. The number of hydrogen-bond donors (Lipinski definition) is 0. The summed E-state index contributed by atoms with van der Waals surface area (Å²) in [7, 11) is 0. The van der Waals surface area contributed by atoms with Crippen LogP contribution in [-0.2, 0) is 5.41 Å². The Hall–Kier alpha value is -9.18. The molecule has 10 nitrogen and oxygen atoms in total. The Morgan fingerprint density at radius 1 is 0.287 bits per heavy atom. The standard InChI is InChI=1S/C71H66F6O10/c1-3-5-7-9-11-13-47-82-59-35-23-51(24-36-59)49-15-19-53(20-16-49)65(78)84-61-39-27-55(28-40-61)67(80)86-63-43-31-57(32-44-63)69(70(72,73)74,71(75,76)77)58-33-45-64(46-34-58)87-68(81)56-29-41-62(42-30-56)85-66(79)54-21-17-50(18-22-54)52-25-37-60(38-26-52)83-48-14-12-10-8-6-4-2/h15-46H,3-14,47-48H2,1-2H3.